The zero-order valence-corrected chi connectivity index (χ0v) is 12.1. The van der Waals surface area contributed by atoms with Crippen LogP contribution in [0.3, 0.4) is 0 Å². The number of aryl methyl sites for hydroxylation is 1. The Bertz CT molecular complexity index is 345. The van der Waals surface area contributed by atoms with E-state index in [4.69, 9.17) is 0 Å². The fourth-order valence-electron chi connectivity index (χ4n) is 2.27. The van der Waals surface area contributed by atoms with Crippen LogP contribution in [0.5, 0.6) is 0 Å². The molecule has 0 amide bonds. The second kappa shape index (κ2) is 6.92. The standard InChI is InChI=1S/C14H27N3O/c1-5-8-17-9-6-7-13(17)10-15-11-14(2,18)12-16(3)4/h6-7,9,15,18H,5,8,10-12H2,1-4H3. The minimum absolute atomic E-state index is 0.600. The van der Waals surface area contributed by atoms with Gasteiger partial charge in [-0.25, -0.2) is 0 Å². The smallest absolute Gasteiger partial charge is 0.0869 e. The molecule has 0 fully saturated rings. The van der Waals surface area contributed by atoms with Gasteiger partial charge in [-0.2, -0.15) is 0 Å². The maximum Gasteiger partial charge on any atom is 0.0869 e. The molecule has 1 rings (SSSR count). The minimum Gasteiger partial charge on any atom is -0.388 e. The fourth-order valence-corrected chi connectivity index (χ4v) is 2.27. The average Bonchev–Trinajstić information content (AvgIpc) is 2.64. The average molecular weight is 253 g/mol. The third kappa shape index (κ3) is 5.21. The third-order valence-corrected chi connectivity index (χ3v) is 2.86. The highest BCUT2D eigenvalue weighted by atomic mass is 16.3. The van der Waals surface area contributed by atoms with E-state index in [0.717, 1.165) is 19.5 Å². The predicted molar refractivity (Wildman–Crippen MR) is 75.6 cm³/mol. The van der Waals surface area contributed by atoms with Gasteiger partial charge in [-0.1, -0.05) is 6.92 Å². The van der Waals surface area contributed by atoms with Gasteiger partial charge in [0.25, 0.3) is 0 Å². The zero-order valence-electron chi connectivity index (χ0n) is 12.1. The van der Waals surface area contributed by atoms with Crippen molar-refractivity contribution in [1.29, 1.82) is 0 Å². The molecule has 0 spiro atoms. The fraction of sp³-hybridized carbons (Fsp3) is 0.714. The molecular formula is C14H27N3O. The SMILES string of the molecule is CCCn1cccc1CNCC(C)(O)CN(C)C. The summed E-state index contributed by atoms with van der Waals surface area (Å²) in [5.74, 6) is 0. The Hall–Kier alpha value is -0.840. The number of nitrogens with zero attached hydrogens (tertiary/aromatic N) is 2. The van der Waals surface area contributed by atoms with E-state index in [1.165, 1.54) is 5.69 Å². The third-order valence-electron chi connectivity index (χ3n) is 2.86. The summed E-state index contributed by atoms with van der Waals surface area (Å²) < 4.78 is 2.26. The van der Waals surface area contributed by atoms with E-state index >= 15 is 0 Å². The summed E-state index contributed by atoms with van der Waals surface area (Å²) in [6.45, 7) is 7.16. The van der Waals surface area contributed by atoms with Crippen LogP contribution < -0.4 is 5.32 Å². The molecule has 0 aliphatic rings. The van der Waals surface area contributed by atoms with Gasteiger partial charge in [0.1, 0.15) is 0 Å². The molecule has 0 saturated heterocycles. The number of aromatic nitrogens is 1. The Labute approximate surface area is 111 Å². The second-order valence-corrected chi connectivity index (χ2v) is 5.53. The van der Waals surface area contributed by atoms with Crippen molar-refractivity contribution in [3.8, 4) is 0 Å². The quantitative estimate of drug-likeness (QED) is 0.734. The van der Waals surface area contributed by atoms with Gasteiger partial charge in [0.05, 0.1) is 5.60 Å². The van der Waals surface area contributed by atoms with Crippen LogP contribution in [0.1, 0.15) is 26.0 Å². The van der Waals surface area contributed by atoms with Crippen molar-refractivity contribution in [2.45, 2.75) is 39.0 Å². The van der Waals surface area contributed by atoms with Crippen molar-refractivity contribution < 1.29 is 5.11 Å². The lowest BCUT2D eigenvalue weighted by Crippen LogP contribution is -2.45. The van der Waals surface area contributed by atoms with Crippen molar-refractivity contribution in [2.24, 2.45) is 0 Å². The van der Waals surface area contributed by atoms with Gasteiger partial charge < -0.3 is 19.9 Å². The number of rotatable bonds is 8. The van der Waals surface area contributed by atoms with E-state index in [2.05, 4.69) is 35.1 Å². The highest BCUT2D eigenvalue weighted by molar-refractivity contribution is 5.07. The second-order valence-electron chi connectivity index (χ2n) is 5.53. The van der Waals surface area contributed by atoms with E-state index < -0.39 is 5.60 Å². The molecule has 0 aliphatic carbocycles. The van der Waals surface area contributed by atoms with Crippen LogP contribution in [0.15, 0.2) is 18.3 Å². The van der Waals surface area contributed by atoms with Gasteiger partial charge in [0.2, 0.25) is 0 Å². The molecule has 0 saturated carbocycles. The summed E-state index contributed by atoms with van der Waals surface area (Å²) in [5, 5.41) is 13.5. The van der Waals surface area contributed by atoms with Crippen molar-refractivity contribution in [3.05, 3.63) is 24.0 Å². The molecule has 0 bridgehead atoms. The number of hydrogen-bond donors (Lipinski definition) is 2. The van der Waals surface area contributed by atoms with Crippen molar-refractivity contribution in [2.75, 3.05) is 27.2 Å². The largest absolute Gasteiger partial charge is 0.388 e. The first-order valence-corrected chi connectivity index (χ1v) is 6.66. The van der Waals surface area contributed by atoms with Crippen LogP contribution >= 0.6 is 0 Å². The highest BCUT2D eigenvalue weighted by Crippen LogP contribution is 2.06. The lowest BCUT2D eigenvalue weighted by Gasteiger charge is -2.27. The Kier molecular flexibility index (Phi) is 5.85. The number of aliphatic hydroxyl groups is 1. The molecule has 4 nitrogen and oxygen atoms in total. The molecule has 4 heteroatoms. The Balaban J connectivity index is 2.39. The van der Waals surface area contributed by atoms with Gasteiger partial charge in [0.15, 0.2) is 0 Å². The first-order valence-electron chi connectivity index (χ1n) is 6.66. The first kappa shape index (κ1) is 15.2. The molecule has 2 N–H and O–H groups in total. The summed E-state index contributed by atoms with van der Waals surface area (Å²) in [6, 6.07) is 4.20. The highest BCUT2D eigenvalue weighted by Gasteiger charge is 2.20. The number of nitrogens with one attached hydrogen (secondary N) is 1. The summed E-state index contributed by atoms with van der Waals surface area (Å²) in [5.41, 5.74) is 0.587. The molecule has 1 unspecified atom stereocenters. The van der Waals surface area contributed by atoms with Gasteiger partial charge in [-0.15, -0.1) is 0 Å². The lowest BCUT2D eigenvalue weighted by atomic mass is 10.1. The van der Waals surface area contributed by atoms with Crippen LogP contribution in [-0.2, 0) is 13.1 Å². The summed E-state index contributed by atoms with van der Waals surface area (Å²) in [7, 11) is 3.95. The van der Waals surface area contributed by atoms with Crippen LogP contribution in [0.25, 0.3) is 0 Å². The van der Waals surface area contributed by atoms with E-state index in [-0.39, 0.29) is 0 Å². The van der Waals surface area contributed by atoms with Crippen LogP contribution in [-0.4, -0.2) is 47.4 Å². The summed E-state index contributed by atoms with van der Waals surface area (Å²) >= 11 is 0. The zero-order chi connectivity index (χ0) is 13.6. The first-order chi connectivity index (χ1) is 8.44. The molecule has 1 heterocycles. The maximum atomic E-state index is 10.2. The maximum absolute atomic E-state index is 10.2. The van der Waals surface area contributed by atoms with Gasteiger partial charge >= 0.3 is 0 Å². The molecule has 1 aromatic heterocycles. The Morgan fingerprint density at radius 1 is 1.44 bits per heavy atom. The summed E-state index contributed by atoms with van der Waals surface area (Å²) in [4.78, 5) is 2.00. The van der Waals surface area contributed by atoms with Gasteiger partial charge in [-0.05, 0) is 39.6 Å². The van der Waals surface area contributed by atoms with E-state index in [9.17, 15) is 5.11 Å². The molecule has 18 heavy (non-hydrogen) atoms. The molecule has 0 aromatic carbocycles. The minimum atomic E-state index is -0.689. The normalized spacial score (nSPS) is 15.0. The van der Waals surface area contributed by atoms with Crippen LogP contribution in [0, 0.1) is 0 Å². The molecular weight excluding hydrogens is 226 g/mol. The summed E-state index contributed by atoms with van der Waals surface area (Å²) in [6.07, 6.45) is 3.25. The van der Waals surface area contributed by atoms with E-state index in [1.807, 2.05) is 25.9 Å². The molecule has 104 valence electrons. The molecule has 1 atom stereocenters. The Morgan fingerprint density at radius 2 is 2.17 bits per heavy atom. The van der Waals surface area contributed by atoms with Crippen molar-refractivity contribution >= 4 is 0 Å². The number of hydrogen-bond acceptors (Lipinski definition) is 3. The van der Waals surface area contributed by atoms with Gasteiger partial charge in [0, 0.05) is 38.1 Å². The lowest BCUT2D eigenvalue weighted by molar-refractivity contribution is 0.0335. The topological polar surface area (TPSA) is 40.4 Å². The predicted octanol–water partition coefficient (Wildman–Crippen LogP) is 1.30. The van der Waals surface area contributed by atoms with Crippen LogP contribution in [0.4, 0.5) is 0 Å². The Morgan fingerprint density at radius 3 is 2.78 bits per heavy atom. The molecule has 0 aliphatic heterocycles. The van der Waals surface area contributed by atoms with Gasteiger partial charge in [-0.3, -0.25) is 0 Å². The van der Waals surface area contributed by atoms with Crippen molar-refractivity contribution in [1.82, 2.24) is 14.8 Å². The molecule has 0 radical (unpaired) electrons. The molecule has 1 aromatic rings. The number of likely N-dealkylation sites (N-methyl/N-ethyl adjacent to an activating group) is 1. The van der Waals surface area contributed by atoms with Crippen molar-refractivity contribution in [3.63, 3.8) is 0 Å². The monoisotopic (exact) mass is 253 g/mol. The van der Waals surface area contributed by atoms with E-state index in [0.29, 0.717) is 13.1 Å². The van der Waals surface area contributed by atoms with Crippen LogP contribution in [0.2, 0.25) is 0 Å². The van der Waals surface area contributed by atoms with E-state index in [1.54, 1.807) is 0 Å².